The maximum atomic E-state index is 14.1. The lowest BCUT2D eigenvalue weighted by Crippen LogP contribution is -2.48. The van der Waals surface area contributed by atoms with E-state index in [0.717, 1.165) is 16.9 Å². The third-order valence-corrected chi connectivity index (χ3v) is 8.78. The molecule has 0 bridgehead atoms. The highest BCUT2D eigenvalue weighted by Crippen LogP contribution is 2.50. The average Bonchev–Trinajstić information content (AvgIpc) is 3.80. The highest BCUT2D eigenvalue weighted by Gasteiger charge is 2.43. The molecule has 1 fully saturated rings. The van der Waals surface area contributed by atoms with Crippen molar-refractivity contribution in [3.63, 3.8) is 0 Å². The van der Waals surface area contributed by atoms with E-state index < -0.39 is 12.0 Å². The molecular weight excluding hydrogens is 608 g/mol. The number of thiophene rings is 1. The van der Waals surface area contributed by atoms with Crippen molar-refractivity contribution in [3.05, 3.63) is 117 Å². The lowest BCUT2D eigenvalue weighted by Gasteiger charge is -2.25. The number of rotatable bonds is 7. The molecule has 8 nitrogen and oxygen atoms in total. The normalized spacial score (nSPS) is 15.9. The monoisotopic (exact) mass is 645 g/mol. The predicted molar refractivity (Wildman–Crippen MR) is 177 cm³/mol. The molecule has 2 atom stereocenters. The number of amidine groups is 1. The zero-order valence-corrected chi connectivity index (χ0v) is 26.5. The van der Waals surface area contributed by atoms with E-state index in [4.69, 9.17) is 11.1 Å². The summed E-state index contributed by atoms with van der Waals surface area (Å²) in [4.78, 5) is 37.3. The number of aryl methyl sites for hydroxylation is 1. The van der Waals surface area contributed by atoms with Crippen LogP contribution in [0.5, 0.6) is 0 Å². The van der Waals surface area contributed by atoms with Crippen molar-refractivity contribution in [1.82, 2.24) is 15.5 Å². The number of nitrogens with zero attached hydrogens (tertiary/aromatic N) is 1. The Morgan fingerprint density at radius 1 is 1.04 bits per heavy atom. The molecule has 0 saturated carbocycles. The van der Waals surface area contributed by atoms with Gasteiger partial charge in [0.25, 0.3) is 5.92 Å². The number of alkyl halides is 2. The van der Waals surface area contributed by atoms with E-state index in [1.165, 1.54) is 28.4 Å². The summed E-state index contributed by atoms with van der Waals surface area (Å²) in [5.41, 5.74) is 8.66. The number of hydrogen-bond acceptors (Lipinski definition) is 5. The smallest absolute Gasteiger partial charge is 0.299 e. The van der Waals surface area contributed by atoms with Gasteiger partial charge in [-0.05, 0) is 43.9 Å². The maximum absolute atomic E-state index is 14.1. The molecule has 46 heavy (non-hydrogen) atoms. The van der Waals surface area contributed by atoms with Crippen LogP contribution in [0, 0.1) is 12.3 Å². The maximum Gasteiger partial charge on any atom is 0.299 e. The molecule has 1 aliphatic heterocycles. The Morgan fingerprint density at radius 2 is 1.70 bits per heavy atom. The lowest BCUT2D eigenvalue weighted by molar-refractivity contribution is -0.138. The fourth-order valence-corrected chi connectivity index (χ4v) is 6.26. The van der Waals surface area contributed by atoms with Gasteiger partial charge in [-0.2, -0.15) is 8.78 Å². The second-order valence-electron chi connectivity index (χ2n) is 10.9. The molecule has 3 amide bonds. The van der Waals surface area contributed by atoms with E-state index in [-0.39, 0.29) is 41.4 Å². The van der Waals surface area contributed by atoms with Gasteiger partial charge in [-0.3, -0.25) is 19.8 Å². The number of benzene rings is 3. The first-order valence-corrected chi connectivity index (χ1v) is 15.7. The Morgan fingerprint density at radius 3 is 2.33 bits per heavy atom. The molecule has 11 heteroatoms. The number of amides is 3. The Kier molecular flexibility index (Phi) is 11.4. The first-order valence-electron chi connectivity index (χ1n) is 14.8. The zero-order chi connectivity index (χ0) is 33.3. The van der Waals surface area contributed by atoms with Crippen LogP contribution in [0.1, 0.15) is 52.9 Å². The molecule has 6 rings (SSSR count). The van der Waals surface area contributed by atoms with Gasteiger partial charge < -0.3 is 21.3 Å². The SMILES string of the molecule is C[C@@H](NC(=O)C1CCCN1C(=O)CNC=O)c1cc(C(=N)N)cs1.Cc1ccc2c(c1)-c1ccccc1C2(F)F.c1ccccc1. The average molecular weight is 646 g/mol. The zero-order valence-electron chi connectivity index (χ0n) is 25.6. The van der Waals surface area contributed by atoms with E-state index in [2.05, 4.69) is 10.6 Å². The molecule has 0 radical (unpaired) electrons. The van der Waals surface area contributed by atoms with E-state index in [0.29, 0.717) is 36.1 Å². The number of carbonyl (C=O) groups excluding carboxylic acids is 3. The van der Waals surface area contributed by atoms with E-state index in [1.807, 2.05) is 56.3 Å². The van der Waals surface area contributed by atoms with Crippen LogP contribution in [-0.2, 0) is 20.3 Å². The summed E-state index contributed by atoms with van der Waals surface area (Å²) >= 11 is 1.42. The molecule has 2 aliphatic rings. The van der Waals surface area contributed by atoms with Gasteiger partial charge in [-0.15, -0.1) is 11.3 Å². The predicted octanol–water partition coefficient (Wildman–Crippen LogP) is 5.75. The van der Waals surface area contributed by atoms with Crippen LogP contribution in [0.3, 0.4) is 0 Å². The quantitative estimate of drug-likeness (QED) is 0.116. The molecule has 240 valence electrons. The second kappa shape index (κ2) is 15.4. The number of nitrogens with two attached hydrogens (primary N) is 1. The van der Waals surface area contributed by atoms with Crippen LogP contribution < -0.4 is 16.4 Å². The number of halogens is 2. The fourth-order valence-electron chi connectivity index (χ4n) is 5.35. The minimum Gasteiger partial charge on any atom is -0.384 e. The van der Waals surface area contributed by atoms with Crippen LogP contribution in [0.25, 0.3) is 11.1 Å². The summed E-state index contributed by atoms with van der Waals surface area (Å²) in [6.45, 7) is 4.18. The largest absolute Gasteiger partial charge is 0.384 e. The molecule has 1 saturated heterocycles. The molecular formula is C35H37F2N5O3S. The fraction of sp³-hybridized carbons (Fsp3) is 0.257. The van der Waals surface area contributed by atoms with Gasteiger partial charge in [0.1, 0.15) is 11.9 Å². The summed E-state index contributed by atoms with van der Waals surface area (Å²) in [5.74, 6) is -3.33. The number of hydrogen-bond donors (Lipinski definition) is 4. The van der Waals surface area contributed by atoms with Gasteiger partial charge in [0.05, 0.1) is 12.6 Å². The molecule has 5 N–H and O–H groups in total. The van der Waals surface area contributed by atoms with Crippen molar-refractivity contribution >= 4 is 35.4 Å². The highest BCUT2D eigenvalue weighted by atomic mass is 32.1. The molecule has 1 aromatic heterocycles. The van der Waals surface area contributed by atoms with Gasteiger partial charge in [0.15, 0.2) is 0 Å². The van der Waals surface area contributed by atoms with E-state index >= 15 is 0 Å². The van der Waals surface area contributed by atoms with Crippen molar-refractivity contribution in [2.45, 2.75) is 44.7 Å². The van der Waals surface area contributed by atoms with E-state index in [1.54, 1.807) is 35.7 Å². The number of nitrogen functional groups attached to an aromatic ring is 1. The number of likely N-dealkylation sites (tertiary alicyclic amines) is 1. The summed E-state index contributed by atoms with van der Waals surface area (Å²) in [5, 5.41) is 14.4. The molecule has 0 spiro atoms. The topological polar surface area (TPSA) is 128 Å². The minimum atomic E-state index is -2.85. The Hall–Kier alpha value is -4.90. The van der Waals surface area contributed by atoms with Gasteiger partial charge in [0.2, 0.25) is 18.2 Å². The third kappa shape index (κ3) is 8.02. The summed E-state index contributed by atoms with van der Waals surface area (Å²) in [6, 6.07) is 24.8. The minimum absolute atomic E-state index is 0.00808. The van der Waals surface area contributed by atoms with Crippen molar-refractivity contribution in [2.24, 2.45) is 5.73 Å². The lowest BCUT2D eigenvalue weighted by atomic mass is 10.0. The van der Waals surface area contributed by atoms with Gasteiger partial charge in [0, 0.05) is 33.5 Å². The molecule has 1 aliphatic carbocycles. The highest BCUT2D eigenvalue weighted by molar-refractivity contribution is 7.10. The van der Waals surface area contributed by atoms with Crippen molar-refractivity contribution in [3.8, 4) is 11.1 Å². The number of nitrogens with one attached hydrogen (secondary N) is 3. The Balaban J connectivity index is 0.000000185. The third-order valence-electron chi connectivity index (χ3n) is 7.66. The van der Waals surface area contributed by atoms with Crippen molar-refractivity contribution in [2.75, 3.05) is 13.1 Å². The Labute approximate surface area is 271 Å². The number of fused-ring (bicyclic) bond motifs is 3. The molecule has 3 aromatic carbocycles. The van der Waals surface area contributed by atoms with Crippen LogP contribution in [0.2, 0.25) is 0 Å². The second-order valence-corrected chi connectivity index (χ2v) is 11.9. The summed E-state index contributed by atoms with van der Waals surface area (Å²) in [6.07, 6.45) is 1.83. The molecule has 2 heterocycles. The van der Waals surface area contributed by atoms with Crippen LogP contribution in [-0.4, -0.2) is 48.1 Å². The van der Waals surface area contributed by atoms with Crippen molar-refractivity contribution in [1.29, 1.82) is 5.41 Å². The van der Waals surface area contributed by atoms with E-state index in [9.17, 15) is 23.2 Å². The van der Waals surface area contributed by atoms with Gasteiger partial charge >= 0.3 is 0 Å². The van der Waals surface area contributed by atoms with Crippen LogP contribution >= 0.6 is 11.3 Å². The van der Waals surface area contributed by atoms with Gasteiger partial charge in [-0.25, -0.2) is 0 Å². The summed E-state index contributed by atoms with van der Waals surface area (Å²) < 4.78 is 28.1. The standard InChI is InChI=1S/C15H21N5O3S.C14H10F2.C6H6/c1-9(12-5-10(7-24-12)14(16)17)19-15(23)11-3-2-4-20(11)13(22)6-18-8-21;1-9-6-7-13-11(8-9)10-4-2-3-5-12(10)14(13,15)16;1-2-4-6-5-3-1/h5,7-9,11H,2-4,6H2,1H3,(H3,16,17)(H,18,21)(H,19,23);2-8H,1H3;1-6H/t9-,11?;;/m1../s1. The Bertz CT molecular complexity index is 1650. The first kappa shape index (κ1) is 34.0. The van der Waals surface area contributed by atoms with Crippen LogP contribution in [0.4, 0.5) is 8.78 Å². The summed E-state index contributed by atoms with van der Waals surface area (Å²) in [7, 11) is 0. The van der Waals surface area contributed by atoms with Crippen molar-refractivity contribution < 1.29 is 23.2 Å². The molecule has 1 unspecified atom stereocenters. The van der Waals surface area contributed by atoms with Gasteiger partial charge in [-0.1, -0.05) is 84.4 Å². The van der Waals surface area contributed by atoms with Crippen LogP contribution in [0.15, 0.2) is 90.3 Å². The number of carbonyl (C=O) groups is 3. The molecule has 4 aromatic rings. The first-order chi connectivity index (χ1) is 22.0.